The molecule has 3 rings (SSSR count). The normalized spacial score (nSPS) is 11.3. The molecule has 0 saturated heterocycles. The molecule has 3 aromatic heterocycles. The van der Waals surface area contributed by atoms with Gasteiger partial charge in [0.25, 0.3) is 0 Å². The second-order valence-corrected chi connectivity index (χ2v) is 4.54. The first-order valence-corrected chi connectivity index (χ1v) is 6.54. The Hall–Kier alpha value is -1.95. The smallest absolute Gasteiger partial charge is 0.187 e. The van der Waals surface area contributed by atoms with E-state index < -0.39 is 0 Å². The second kappa shape index (κ2) is 4.62. The van der Waals surface area contributed by atoms with E-state index in [4.69, 9.17) is 11.6 Å². The minimum absolute atomic E-state index is 0.407. The summed E-state index contributed by atoms with van der Waals surface area (Å²) in [6.45, 7) is 4.91. The lowest BCUT2D eigenvalue weighted by atomic mass is 10.3. The zero-order valence-electron chi connectivity index (χ0n) is 10.7. The highest BCUT2D eigenvalue weighted by Gasteiger charge is 2.14. The van der Waals surface area contributed by atoms with E-state index in [2.05, 4.69) is 27.2 Å². The summed E-state index contributed by atoms with van der Waals surface area (Å²) in [6, 6.07) is 3.72. The molecule has 0 fully saturated rings. The van der Waals surface area contributed by atoms with Crippen molar-refractivity contribution in [1.29, 1.82) is 0 Å². The maximum Gasteiger partial charge on any atom is 0.187 e. The number of hydrogen-bond acceptors (Lipinski definition) is 4. The maximum absolute atomic E-state index is 5.85. The van der Waals surface area contributed by atoms with Crippen molar-refractivity contribution in [1.82, 2.24) is 29.4 Å². The van der Waals surface area contributed by atoms with Crippen molar-refractivity contribution in [3.05, 3.63) is 29.3 Å². The fourth-order valence-corrected chi connectivity index (χ4v) is 2.15. The van der Waals surface area contributed by atoms with E-state index in [1.165, 1.54) is 0 Å². The van der Waals surface area contributed by atoms with E-state index in [1.54, 1.807) is 12.4 Å². The Morgan fingerprint density at radius 2 is 2.05 bits per heavy atom. The van der Waals surface area contributed by atoms with Gasteiger partial charge in [-0.05, 0) is 19.4 Å². The second-order valence-electron chi connectivity index (χ2n) is 4.15. The van der Waals surface area contributed by atoms with Crippen LogP contribution in [0.2, 0.25) is 5.15 Å². The first-order chi connectivity index (χ1) is 9.22. The van der Waals surface area contributed by atoms with Crippen LogP contribution in [0.3, 0.4) is 0 Å². The molecular formula is C12H13ClN6. The van der Waals surface area contributed by atoms with Crippen LogP contribution >= 0.6 is 11.6 Å². The van der Waals surface area contributed by atoms with Crippen LogP contribution < -0.4 is 0 Å². The molecule has 3 heterocycles. The predicted octanol–water partition coefficient (Wildman–Crippen LogP) is 2.22. The van der Waals surface area contributed by atoms with Gasteiger partial charge in [0.15, 0.2) is 11.5 Å². The first kappa shape index (κ1) is 12.1. The Kier molecular flexibility index (Phi) is 2.94. The number of fused-ring (bicyclic) bond motifs is 1. The van der Waals surface area contributed by atoms with E-state index in [1.807, 2.05) is 22.1 Å². The average Bonchev–Trinajstić information content (AvgIpc) is 3.00. The molecule has 3 aromatic rings. The average molecular weight is 277 g/mol. The van der Waals surface area contributed by atoms with Gasteiger partial charge in [0.1, 0.15) is 17.2 Å². The molecule has 0 radical (unpaired) electrons. The molecule has 0 spiro atoms. The van der Waals surface area contributed by atoms with Crippen molar-refractivity contribution in [3.8, 4) is 11.5 Å². The van der Waals surface area contributed by atoms with Gasteiger partial charge in [-0.15, -0.1) is 10.2 Å². The van der Waals surface area contributed by atoms with Crippen LogP contribution in [0.25, 0.3) is 17.2 Å². The van der Waals surface area contributed by atoms with Gasteiger partial charge in [0, 0.05) is 12.6 Å². The highest BCUT2D eigenvalue weighted by molar-refractivity contribution is 6.29. The Bertz CT molecular complexity index is 729. The van der Waals surface area contributed by atoms with Crippen LogP contribution in [0.1, 0.15) is 19.5 Å². The fraction of sp³-hybridized carbons (Fsp3) is 0.333. The van der Waals surface area contributed by atoms with Gasteiger partial charge in [0.05, 0.1) is 5.69 Å². The summed E-state index contributed by atoms with van der Waals surface area (Å²) in [5.74, 6) is 0.730. The molecule has 0 aromatic carbocycles. The Morgan fingerprint density at radius 3 is 2.79 bits per heavy atom. The summed E-state index contributed by atoms with van der Waals surface area (Å²) in [5.41, 5.74) is 2.66. The summed E-state index contributed by atoms with van der Waals surface area (Å²) in [6.07, 6.45) is 2.52. The van der Waals surface area contributed by atoms with Crippen molar-refractivity contribution in [2.24, 2.45) is 0 Å². The van der Waals surface area contributed by atoms with Gasteiger partial charge >= 0.3 is 0 Å². The Labute approximate surface area is 115 Å². The molecule has 0 N–H and O–H groups in total. The molecule has 0 aliphatic carbocycles. The SMILES string of the molecule is CCc1cc(-c2nnc3cc(Cl)ncn23)n(CC)n1. The summed E-state index contributed by atoms with van der Waals surface area (Å²) in [7, 11) is 0. The van der Waals surface area contributed by atoms with Crippen LogP contribution in [0.4, 0.5) is 0 Å². The quantitative estimate of drug-likeness (QED) is 0.688. The number of hydrogen-bond donors (Lipinski definition) is 0. The third-order valence-electron chi connectivity index (χ3n) is 2.99. The van der Waals surface area contributed by atoms with Gasteiger partial charge < -0.3 is 0 Å². The van der Waals surface area contributed by atoms with Crippen molar-refractivity contribution < 1.29 is 0 Å². The van der Waals surface area contributed by atoms with Gasteiger partial charge in [-0.2, -0.15) is 5.10 Å². The van der Waals surface area contributed by atoms with Crippen molar-refractivity contribution in [2.75, 3.05) is 0 Å². The largest absolute Gasteiger partial charge is 0.264 e. The lowest BCUT2D eigenvalue weighted by molar-refractivity contribution is 0.651. The van der Waals surface area contributed by atoms with E-state index in [0.29, 0.717) is 10.8 Å². The molecule has 0 atom stereocenters. The highest BCUT2D eigenvalue weighted by atomic mass is 35.5. The number of aromatic nitrogens is 6. The van der Waals surface area contributed by atoms with Crippen LogP contribution in [0.5, 0.6) is 0 Å². The summed E-state index contributed by atoms with van der Waals surface area (Å²) >= 11 is 5.85. The lowest BCUT2D eigenvalue weighted by Crippen LogP contribution is -2.02. The zero-order valence-corrected chi connectivity index (χ0v) is 11.5. The monoisotopic (exact) mass is 276 g/mol. The van der Waals surface area contributed by atoms with Gasteiger partial charge in [0.2, 0.25) is 0 Å². The molecule has 0 saturated carbocycles. The number of nitrogens with zero attached hydrogens (tertiary/aromatic N) is 6. The van der Waals surface area contributed by atoms with Gasteiger partial charge in [-0.1, -0.05) is 18.5 Å². The zero-order chi connectivity index (χ0) is 13.4. The van der Waals surface area contributed by atoms with Crippen molar-refractivity contribution in [3.63, 3.8) is 0 Å². The van der Waals surface area contributed by atoms with E-state index in [0.717, 1.165) is 30.2 Å². The molecule has 98 valence electrons. The molecule has 0 aliphatic rings. The van der Waals surface area contributed by atoms with Gasteiger partial charge in [-0.25, -0.2) is 4.98 Å². The Balaban J connectivity index is 2.21. The summed E-state index contributed by atoms with van der Waals surface area (Å²) in [4.78, 5) is 4.07. The third-order valence-corrected chi connectivity index (χ3v) is 3.20. The third kappa shape index (κ3) is 1.98. The fourth-order valence-electron chi connectivity index (χ4n) is 2.01. The predicted molar refractivity (Wildman–Crippen MR) is 72.1 cm³/mol. The molecule has 0 unspecified atom stereocenters. The van der Waals surface area contributed by atoms with Crippen molar-refractivity contribution in [2.45, 2.75) is 26.8 Å². The maximum atomic E-state index is 5.85. The first-order valence-electron chi connectivity index (χ1n) is 6.16. The molecule has 0 bridgehead atoms. The highest BCUT2D eigenvalue weighted by Crippen LogP contribution is 2.20. The molecule has 19 heavy (non-hydrogen) atoms. The number of rotatable bonds is 3. The topological polar surface area (TPSA) is 60.9 Å². The molecule has 6 nitrogen and oxygen atoms in total. The summed E-state index contributed by atoms with van der Waals surface area (Å²) in [5, 5.41) is 13.3. The standard InChI is InChI=1S/C12H13ClN6/c1-3-8-5-9(19(4-2)17-8)12-16-15-11-6-10(13)14-7-18(11)12/h5-7H,3-4H2,1-2H3. The lowest BCUT2D eigenvalue weighted by Gasteiger charge is -2.02. The molecular weight excluding hydrogens is 264 g/mol. The summed E-state index contributed by atoms with van der Waals surface area (Å²) < 4.78 is 3.73. The van der Waals surface area contributed by atoms with E-state index >= 15 is 0 Å². The minimum Gasteiger partial charge on any atom is -0.264 e. The van der Waals surface area contributed by atoms with E-state index in [9.17, 15) is 0 Å². The molecule has 0 aliphatic heterocycles. The number of halogens is 1. The molecule has 0 amide bonds. The van der Waals surface area contributed by atoms with E-state index in [-0.39, 0.29) is 0 Å². The van der Waals surface area contributed by atoms with Crippen molar-refractivity contribution >= 4 is 17.2 Å². The van der Waals surface area contributed by atoms with Crippen LogP contribution in [-0.2, 0) is 13.0 Å². The number of aryl methyl sites for hydroxylation is 2. The van der Waals surface area contributed by atoms with Crippen LogP contribution in [0.15, 0.2) is 18.5 Å². The van der Waals surface area contributed by atoms with Gasteiger partial charge in [-0.3, -0.25) is 9.08 Å². The Morgan fingerprint density at radius 1 is 1.21 bits per heavy atom. The minimum atomic E-state index is 0.407. The van der Waals surface area contributed by atoms with Crippen LogP contribution in [-0.4, -0.2) is 29.4 Å². The van der Waals surface area contributed by atoms with Crippen LogP contribution in [0, 0.1) is 0 Å². The molecule has 7 heteroatoms.